The lowest BCUT2D eigenvalue weighted by Crippen LogP contribution is -2.32. The number of esters is 1. The molecular weight excluding hydrogens is 248 g/mol. The molecule has 0 amide bonds. The van der Waals surface area contributed by atoms with Gasteiger partial charge in [0.25, 0.3) is 0 Å². The number of aliphatic hydroxyl groups excluding tert-OH is 1. The summed E-state index contributed by atoms with van der Waals surface area (Å²) in [5.41, 5.74) is 1.04. The summed E-state index contributed by atoms with van der Waals surface area (Å²) >= 11 is 0. The first-order valence-electron chi connectivity index (χ1n) is 5.93. The zero-order valence-electron chi connectivity index (χ0n) is 11.7. The lowest BCUT2D eigenvalue weighted by Gasteiger charge is -2.22. The third-order valence-electron chi connectivity index (χ3n) is 2.71. The zero-order chi connectivity index (χ0) is 14.4. The number of pyridine rings is 1. The van der Waals surface area contributed by atoms with Crippen LogP contribution in [0.4, 0.5) is 5.82 Å². The lowest BCUT2D eigenvalue weighted by atomic mass is 10.2. The van der Waals surface area contributed by atoms with Crippen molar-refractivity contribution in [2.45, 2.75) is 13.0 Å². The van der Waals surface area contributed by atoms with Crippen molar-refractivity contribution in [3.8, 4) is 0 Å². The predicted molar refractivity (Wildman–Crippen MR) is 71.5 cm³/mol. The Morgan fingerprint density at radius 2 is 2.16 bits per heavy atom. The molecule has 0 fully saturated rings. The van der Waals surface area contributed by atoms with Crippen molar-refractivity contribution in [2.24, 2.45) is 0 Å². The molecule has 1 aromatic rings. The van der Waals surface area contributed by atoms with Gasteiger partial charge in [0.1, 0.15) is 5.82 Å². The topological polar surface area (TPSA) is 71.9 Å². The zero-order valence-corrected chi connectivity index (χ0v) is 11.7. The van der Waals surface area contributed by atoms with Crippen molar-refractivity contribution in [1.29, 1.82) is 0 Å². The molecular formula is C13H20N2O4. The number of rotatable bonds is 6. The summed E-state index contributed by atoms with van der Waals surface area (Å²) in [6.45, 7) is 2.41. The normalized spacial score (nSPS) is 12.1. The number of ether oxygens (including phenoxy) is 2. The molecule has 1 rings (SSSR count). The van der Waals surface area contributed by atoms with E-state index < -0.39 is 12.1 Å². The predicted octanol–water partition coefficient (Wildman–Crippen LogP) is 0.620. The number of anilines is 1. The highest BCUT2D eigenvalue weighted by Gasteiger charge is 2.14. The van der Waals surface area contributed by atoms with Gasteiger partial charge in [0.05, 0.1) is 31.1 Å². The van der Waals surface area contributed by atoms with E-state index in [-0.39, 0.29) is 6.61 Å². The van der Waals surface area contributed by atoms with Gasteiger partial charge in [-0.25, -0.2) is 9.78 Å². The molecule has 6 heteroatoms. The molecule has 1 aromatic heterocycles. The van der Waals surface area contributed by atoms with Gasteiger partial charge in [-0.05, 0) is 19.1 Å². The molecule has 106 valence electrons. The van der Waals surface area contributed by atoms with Gasteiger partial charge in [-0.2, -0.15) is 0 Å². The van der Waals surface area contributed by atoms with E-state index in [0.29, 0.717) is 23.6 Å². The second-order valence-electron chi connectivity index (χ2n) is 4.28. The van der Waals surface area contributed by atoms with Crippen LogP contribution in [0.3, 0.4) is 0 Å². The van der Waals surface area contributed by atoms with Crippen LogP contribution >= 0.6 is 0 Å². The number of methoxy groups -OCH3 is 2. The van der Waals surface area contributed by atoms with Crippen LogP contribution in [0.1, 0.15) is 16.1 Å². The molecule has 0 aromatic carbocycles. The first-order chi connectivity index (χ1) is 8.99. The van der Waals surface area contributed by atoms with Gasteiger partial charge >= 0.3 is 5.97 Å². The molecule has 0 saturated heterocycles. The number of carbonyl (C=O) groups excluding carboxylic acids is 1. The number of hydrogen-bond donors (Lipinski definition) is 1. The maximum atomic E-state index is 11.4. The van der Waals surface area contributed by atoms with Crippen LogP contribution in [-0.2, 0) is 9.47 Å². The van der Waals surface area contributed by atoms with E-state index in [0.717, 1.165) is 0 Å². The molecule has 0 aliphatic rings. The van der Waals surface area contributed by atoms with Crippen LogP contribution in [0.2, 0.25) is 0 Å². The quantitative estimate of drug-likeness (QED) is 0.763. The van der Waals surface area contributed by atoms with Crippen LogP contribution in [0.15, 0.2) is 12.1 Å². The molecule has 19 heavy (non-hydrogen) atoms. The van der Waals surface area contributed by atoms with E-state index >= 15 is 0 Å². The SMILES string of the molecule is COCC(O)CN(C)c1ccc(C(=O)OC)c(C)n1. The molecule has 0 aliphatic heterocycles. The number of hydrogen-bond acceptors (Lipinski definition) is 6. The molecule has 0 radical (unpaired) electrons. The van der Waals surface area contributed by atoms with Crippen LogP contribution in [0.5, 0.6) is 0 Å². The van der Waals surface area contributed by atoms with Crippen molar-refractivity contribution < 1.29 is 19.4 Å². The number of nitrogens with zero attached hydrogens (tertiary/aromatic N) is 2. The number of likely N-dealkylation sites (N-methyl/N-ethyl adjacent to an activating group) is 1. The minimum absolute atomic E-state index is 0.267. The van der Waals surface area contributed by atoms with Gasteiger partial charge < -0.3 is 19.5 Å². The summed E-state index contributed by atoms with van der Waals surface area (Å²) in [4.78, 5) is 17.6. The summed E-state index contributed by atoms with van der Waals surface area (Å²) in [7, 11) is 4.69. The average molecular weight is 268 g/mol. The van der Waals surface area contributed by atoms with Gasteiger partial charge in [-0.15, -0.1) is 0 Å². The Bertz CT molecular complexity index is 437. The summed E-state index contributed by atoms with van der Waals surface area (Å²) in [5, 5.41) is 9.66. The van der Waals surface area contributed by atoms with E-state index in [1.54, 1.807) is 24.0 Å². The molecule has 1 heterocycles. The fourth-order valence-corrected chi connectivity index (χ4v) is 1.74. The average Bonchev–Trinajstić information content (AvgIpc) is 2.37. The van der Waals surface area contributed by atoms with E-state index in [9.17, 15) is 9.90 Å². The summed E-state index contributed by atoms with van der Waals surface area (Å²) < 4.78 is 9.54. The van der Waals surface area contributed by atoms with Crippen LogP contribution in [0, 0.1) is 6.92 Å². The first-order valence-corrected chi connectivity index (χ1v) is 5.93. The van der Waals surface area contributed by atoms with Crippen molar-refractivity contribution in [3.05, 3.63) is 23.4 Å². The van der Waals surface area contributed by atoms with E-state index in [4.69, 9.17) is 4.74 Å². The largest absolute Gasteiger partial charge is 0.465 e. The maximum absolute atomic E-state index is 11.4. The lowest BCUT2D eigenvalue weighted by molar-refractivity contribution is 0.0599. The molecule has 0 spiro atoms. The number of aryl methyl sites for hydroxylation is 1. The van der Waals surface area contributed by atoms with Crippen molar-refractivity contribution in [2.75, 3.05) is 39.3 Å². The fourth-order valence-electron chi connectivity index (χ4n) is 1.74. The summed E-state index contributed by atoms with van der Waals surface area (Å²) in [5.74, 6) is 0.277. The smallest absolute Gasteiger partial charge is 0.339 e. The van der Waals surface area contributed by atoms with Gasteiger partial charge in [0.15, 0.2) is 0 Å². The van der Waals surface area contributed by atoms with Crippen LogP contribution < -0.4 is 4.90 Å². The Kier molecular flexibility index (Phi) is 5.72. The maximum Gasteiger partial charge on any atom is 0.339 e. The minimum Gasteiger partial charge on any atom is -0.465 e. The minimum atomic E-state index is -0.586. The monoisotopic (exact) mass is 268 g/mol. The molecule has 6 nitrogen and oxygen atoms in total. The third-order valence-corrected chi connectivity index (χ3v) is 2.71. The van der Waals surface area contributed by atoms with Crippen molar-refractivity contribution in [1.82, 2.24) is 4.98 Å². The number of aromatic nitrogens is 1. The Morgan fingerprint density at radius 1 is 1.47 bits per heavy atom. The van der Waals surface area contributed by atoms with E-state index in [1.807, 2.05) is 7.05 Å². The first kappa shape index (κ1) is 15.4. The van der Waals surface area contributed by atoms with Crippen molar-refractivity contribution >= 4 is 11.8 Å². The van der Waals surface area contributed by atoms with Crippen LogP contribution in [0.25, 0.3) is 0 Å². The third kappa shape index (κ3) is 4.18. The second kappa shape index (κ2) is 7.06. The number of carbonyl (C=O) groups is 1. The standard InChI is InChI=1S/C13H20N2O4/c1-9-11(13(17)19-4)5-6-12(14-9)15(2)7-10(16)8-18-3/h5-6,10,16H,7-8H2,1-4H3. The van der Waals surface area contributed by atoms with Crippen molar-refractivity contribution in [3.63, 3.8) is 0 Å². The second-order valence-corrected chi connectivity index (χ2v) is 4.28. The molecule has 0 aliphatic carbocycles. The fraction of sp³-hybridized carbons (Fsp3) is 0.538. The molecule has 1 atom stereocenters. The molecule has 1 N–H and O–H groups in total. The Balaban J connectivity index is 2.80. The van der Waals surface area contributed by atoms with Gasteiger partial charge in [0, 0.05) is 20.7 Å². The molecule has 1 unspecified atom stereocenters. The Morgan fingerprint density at radius 3 is 2.68 bits per heavy atom. The highest BCUT2D eigenvalue weighted by atomic mass is 16.5. The van der Waals surface area contributed by atoms with Gasteiger partial charge in [-0.1, -0.05) is 0 Å². The highest BCUT2D eigenvalue weighted by molar-refractivity contribution is 5.90. The summed E-state index contributed by atoms with van der Waals surface area (Å²) in [6.07, 6.45) is -0.586. The van der Waals surface area contributed by atoms with Gasteiger partial charge in [0.2, 0.25) is 0 Å². The summed E-state index contributed by atoms with van der Waals surface area (Å²) in [6, 6.07) is 3.39. The molecule has 0 saturated carbocycles. The van der Waals surface area contributed by atoms with Crippen LogP contribution in [-0.4, -0.2) is 56.6 Å². The highest BCUT2D eigenvalue weighted by Crippen LogP contribution is 2.14. The van der Waals surface area contributed by atoms with E-state index in [2.05, 4.69) is 9.72 Å². The number of aliphatic hydroxyl groups is 1. The Labute approximate surface area is 113 Å². The van der Waals surface area contributed by atoms with Gasteiger partial charge in [-0.3, -0.25) is 0 Å². The Hall–Kier alpha value is -1.66. The molecule has 0 bridgehead atoms. The van der Waals surface area contributed by atoms with E-state index in [1.165, 1.54) is 14.2 Å².